The minimum Gasteiger partial charge on any atom is -0.493 e. The molecular formula is C16H12BrClFNO2. The molecule has 0 fully saturated rings. The maximum absolute atomic E-state index is 13.3. The van der Waals surface area contributed by atoms with E-state index in [1.165, 1.54) is 18.2 Å². The molecule has 0 aromatic heterocycles. The van der Waals surface area contributed by atoms with E-state index in [1.807, 2.05) is 6.07 Å². The molecule has 22 heavy (non-hydrogen) atoms. The zero-order valence-corrected chi connectivity index (χ0v) is 13.8. The van der Waals surface area contributed by atoms with Crippen molar-refractivity contribution in [3.8, 4) is 5.75 Å². The molecule has 6 heteroatoms. The summed E-state index contributed by atoms with van der Waals surface area (Å²) in [4.78, 5) is 12.2. The molecule has 3 rings (SSSR count). The van der Waals surface area contributed by atoms with Crippen molar-refractivity contribution in [2.75, 3.05) is 6.61 Å². The minimum absolute atomic E-state index is 0.250. The van der Waals surface area contributed by atoms with Gasteiger partial charge in [-0.25, -0.2) is 4.39 Å². The molecule has 0 aliphatic carbocycles. The summed E-state index contributed by atoms with van der Waals surface area (Å²) < 4.78 is 19.4. The number of rotatable bonds is 3. The summed E-state index contributed by atoms with van der Waals surface area (Å²) in [6, 6.07) is 7.63. The molecular weight excluding hydrogens is 373 g/mol. The lowest BCUT2D eigenvalue weighted by molar-refractivity contribution is 0.0949. The van der Waals surface area contributed by atoms with Gasteiger partial charge in [-0.2, -0.15) is 0 Å². The number of nitrogens with one attached hydrogen (secondary N) is 1. The lowest BCUT2D eigenvalue weighted by atomic mass is 10.1. The molecule has 0 radical (unpaired) electrons. The molecule has 3 nitrogen and oxygen atoms in total. The highest BCUT2D eigenvalue weighted by Crippen LogP contribution is 2.32. The quantitative estimate of drug-likeness (QED) is 0.865. The van der Waals surface area contributed by atoms with Gasteiger partial charge in [0.15, 0.2) is 0 Å². The summed E-state index contributed by atoms with van der Waals surface area (Å²) in [5, 5.41) is 3.38. The predicted octanol–water partition coefficient (Wildman–Crippen LogP) is 4.11. The second-order valence-electron chi connectivity index (χ2n) is 4.96. The van der Waals surface area contributed by atoms with Crippen molar-refractivity contribution in [2.24, 2.45) is 0 Å². The maximum atomic E-state index is 13.3. The molecule has 0 unspecified atom stereocenters. The number of fused-ring (bicyclic) bond motifs is 1. The highest BCUT2D eigenvalue weighted by Gasteiger charge is 2.18. The highest BCUT2D eigenvalue weighted by atomic mass is 79.9. The fourth-order valence-electron chi connectivity index (χ4n) is 2.42. The first-order valence-electron chi connectivity index (χ1n) is 6.72. The molecule has 0 atom stereocenters. The Morgan fingerprint density at radius 3 is 3.00 bits per heavy atom. The van der Waals surface area contributed by atoms with Crippen LogP contribution in [0.25, 0.3) is 0 Å². The summed E-state index contributed by atoms with van der Waals surface area (Å²) >= 11 is 9.33. The van der Waals surface area contributed by atoms with E-state index in [1.54, 1.807) is 6.07 Å². The van der Waals surface area contributed by atoms with Gasteiger partial charge in [-0.05, 0) is 51.8 Å². The van der Waals surface area contributed by atoms with Gasteiger partial charge in [-0.1, -0.05) is 11.6 Å². The van der Waals surface area contributed by atoms with Crippen LogP contribution in [0.15, 0.2) is 34.8 Å². The van der Waals surface area contributed by atoms with Crippen molar-refractivity contribution in [3.63, 3.8) is 0 Å². The Morgan fingerprint density at radius 1 is 1.36 bits per heavy atom. The maximum Gasteiger partial charge on any atom is 0.252 e. The van der Waals surface area contributed by atoms with Gasteiger partial charge < -0.3 is 10.1 Å². The first-order valence-corrected chi connectivity index (χ1v) is 7.89. The van der Waals surface area contributed by atoms with Gasteiger partial charge >= 0.3 is 0 Å². The number of ether oxygens (including phenoxy) is 1. The topological polar surface area (TPSA) is 38.3 Å². The third-order valence-corrected chi connectivity index (χ3v) is 4.35. The van der Waals surface area contributed by atoms with Gasteiger partial charge in [0.05, 0.1) is 12.2 Å². The summed E-state index contributed by atoms with van der Waals surface area (Å²) in [6.07, 6.45) is 0.812. The number of hydrogen-bond acceptors (Lipinski definition) is 2. The van der Waals surface area contributed by atoms with Gasteiger partial charge in [0, 0.05) is 28.0 Å². The molecule has 1 heterocycles. The standard InChI is InChI=1S/C16H12BrClFNO2/c17-14-2-1-12(19)7-13(14)16(21)20-8-10-6-11(18)5-9-3-4-22-15(9)10/h1-2,5-7H,3-4,8H2,(H,20,21). The van der Waals surface area contributed by atoms with Crippen LogP contribution in [0.2, 0.25) is 5.02 Å². The lowest BCUT2D eigenvalue weighted by Gasteiger charge is -2.11. The van der Waals surface area contributed by atoms with Gasteiger partial charge in [0.2, 0.25) is 0 Å². The van der Waals surface area contributed by atoms with Gasteiger partial charge in [0.1, 0.15) is 11.6 Å². The Labute approximate surface area is 140 Å². The lowest BCUT2D eigenvalue weighted by Crippen LogP contribution is -2.23. The first kappa shape index (κ1) is 15.3. The van der Waals surface area contributed by atoms with E-state index in [-0.39, 0.29) is 18.0 Å². The molecule has 1 aliphatic heterocycles. The van der Waals surface area contributed by atoms with Crippen LogP contribution in [0.5, 0.6) is 5.75 Å². The van der Waals surface area contributed by atoms with Crippen LogP contribution in [0.3, 0.4) is 0 Å². The highest BCUT2D eigenvalue weighted by molar-refractivity contribution is 9.10. The van der Waals surface area contributed by atoms with Crippen molar-refractivity contribution in [3.05, 3.63) is 62.3 Å². The van der Waals surface area contributed by atoms with E-state index in [9.17, 15) is 9.18 Å². The molecule has 1 aliphatic rings. The van der Waals surface area contributed by atoms with Gasteiger partial charge in [0.25, 0.3) is 5.91 Å². The third-order valence-electron chi connectivity index (χ3n) is 3.44. The van der Waals surface area contributed by atoms with Crippen molar-refractivity contribution >= 4 is 33.4 Å². The number of amides is 1. The number of benzene rings is 2. The predicted molar refractivity (Wildman–Crippen MR) is 85.9 cm³/mol. The van der Waals surface area contributed by atoms with Crippen LogP contribution in [0.1, 0.15) is 21.5 Å². The van der Waals surface area contributed by atoms with E-state index in [4.69, 9.17) is 16.3 Å². The summed E-state index contributed by atoms with van der Waals surface area (Å²) in [7, 11) is 0. The molecule has 2 aromatic rings. The molecule has 0 spiro atoms. The van der Waals surface area contributed by atoms with Crippen LogP contribution in [0, 0.1) is 5.82 Å². The summed E-state index contributed by atoms with van der Waals surface area (Å²) in [6.45, 7) is 0.886. The van der Waals surface area contributed by atoms with E-state index in [0.29, 0.717) is 16.1 Å². The first-order chi connectivity index (χ1) is 10.5. The number of carbonyl (C=O) groups excluding carboxylic acids is 1. The van der Waals surface area contributed by atoms with Crippen LogP contribution < -0.4 is 10.1 Å². The number of halogens is 3. The summed E-state index contributed by atoms with van der Waals surface area (Å²) in [5.41, 5.74) is 2.11. The smallest absolute Gasteiger partial charge is 0.252 e. The largest absolute Gasteiger partial charge is 0.493 e. The second kappa shape index (κ2) is 6.26. The fourth-order valence-corrected chi connectivity index (χ4v) is 3.11. The molecule has 2 aromatic carbocycles. The monoisotopic (exact) mass is 383 g/mol. The number of hydrogen-bond donors (Lipinski definition) is 1. The SMILES string of the molecule is O=C(NCc1cc(Cl)cc2c1OCC2)c1cc(F)ccc1Br. The third kappa shape index (κ3) is 3.10. The molecule has 0 saturated carbocycles. The van der Waals surface area contributed by atoms with Crippen LogP contribution >= 0.6 is 27.5 Å². The molecule has 0 bridgehead atoms. The Kier molecular flexibility index (Phi) is 4.36. The van der Waals surface area contributed by atoms with Crippen LogP contribution in [-0.2, 0) is 13.0 Å². The van der Waals surface area contributed by atoms with Crippen molar-refractivity contribution in [1.29, 1.82) is 0 Å². The van der Waals surface area contributed by atoms with Crippen molar-refractivity contribution in [2.45, 2.75) is 13.0 Å². The van der Waals surface area contributed by atoms with E-state index >= 15 is 0 Å². The van der Waals surface area contributed by atoms with Crippen molar-refractivity contribution in [1.82, 2.24) is 5.32 Å². The summed E-state index contributed by atoms with van der Waals surface area (Å²) in [5.74, 6) is -0.0403. The molecule has 1 amide bonds. The van der Waals surface area contributed by atoms with Crippen LogP contribution in [-0.4, -0.2) is 12.5 Å². The Hall–Kier alpha value is -1.59. The molecule has 114 valence electrons. The van der Waals surface area contributed by atoms with E-state index < -0.39 is 5.82 Å². The average Bonchev–Trinajstić information content (AvgIpc) is 2.95. The Bertz CT molecular complexity index is 751. The van der Waals surface area contributed by atoms with Crippen LogP contribution in [0.4, 0.5) is 4.39 Å². The number of carbonyl (C=O) groups is 1. The van der Waals surface area contributed by atoms with E-state index in [0.717, 1.165) is 23.3 Å². The second-order valence-corrected chi connectivity index (χ2v) is 6.25. The Morgan fingerprint density at radius 2 is 2.18 bits per heavy atom. The molecule has 0 saturated heterocycles. The minimum atomic E-state index is -0.458. The van der Waals surface area contributed by atoms with Gasteiger partial charge in [-0.15, -0.1) is 0 Å². The molecule has 1 N–H and O–H groups in total. The van der Waals surface area contributed by atoms with E-state index in [2.05, 4.69) is 21.2 Å². The normalized spacial score (nSPS) is 12.7. The zero-order chi connectivity index (χ0) is 15.7. The average molecular weight is 385 g/mol. The fraction of sp³-hybridized carbons (Fsp3) is 0.188. The van der Waals surface area contributed by atoms with Gasteiger partial charge in [-0.3, -0.25) is 4.79 Å². The Balaban J connectivity index is 1.78. The zero-order valence-electron chi connectivity index (χ0n) is 11.5. The van der Waals surface area contributed by atoms with Crippen molar-refractivity contribution < 1.29 is 13.9 Å².